The van der Waals surface area contributed by atoms with Crippen molar-refractivity contribution >= 4 is 34.5 Å². The van der Waals surface area contributed by atoms with Gasteiger partial charge in [0, 0.05) is 33.8 Å². The smallest absolute Gasteiger partial charge is 0.258 e. The van der Waals surface area contributed by atoms with Gasteiger partial charge in [-0.05, 0) is 90.4 Å². The van der Waals surface area contributed by atoms with E-state index in [0.29, 0.717) is 23.4 Å². The van der Waals surface area contributed by atoms with Crippen LogP contribution in [0.15, 0.2) is 72.1 Å². The number of hydrogen-bond acceptors (Lipinski definition) is 3. The van der Waals surface area contributed by atoms with Crippen molar-refractivity contribution < 1.29 is 9.59 Å². The van der Waals surface area contributed by atoms with Crippen LogP contribution >= 0.6 is 11.3 Å². The van der Waals surface area contributed by atoms with Crippen molar-refractivity contribution in [3.63, 3.8) is 0 Å². The van der Waals surface area contributed by atoms with Gasteiger partial charge >= 0.3 is 0 Å². The minimum atomic E-state index is -0.147. The predicted octanol–water partition coefficient (Wildman–Crippen LogP) is 6.68. The summed E-state index contributed by atoms with van der Waals surface area (Å²) in [4.78, 5) is 29.7. The highest BCUT2D eigenvalue weighted by Crippen LogP contribution is 2.34. The molecule has 4 aromatic rings. The molecule has 4 nitrogen and oxygen atoms in total. The molecule has 1 aliphatic rings. The van der Waals surface area contributed by atoms with Gasteiger partial charge in [0.05, 0.1) is 6.54 Å². The Hall–Kier alpha value is -3.70. The summed E-state index contributed by atoms with van der Waals surface area (Å²) in [6, 6.07) is 21.5. The Bertz CT molecular complexity index is 1420. The molecule has 0 saturated heterocycles. The standard InChI is InChI=1S/C29H26N2O2S/c1-18-7-6-9-25(20(18)3)28(32)30-23-11-12-24(19(2)15-23)29(33)31-17-27-22(13-14-34-27)16-21-8-4-5-10-26(21)31/h4-15H,16-17H2,1-3H3,(H,30,32). The third-order valence-corrected chi connectivity index (χ3v) is 7.56. The molecular weight excluding hydrogens is 440 g/mol. The van der Waals surface area contributed by atoms with Crippen molar-refractivity contribution in [1.29, 1.82) is 0 Å². The second-order valence-corrected chi connectivity index (χ2v) is 9.80. The number of hydrogen-bond donors (Lipinski definition) is 1. The van der Waals surface area contributed by atoms with Crippen LogP contribution in [-0.2, 0) is 13.0 Å². The van der Waals surface area contributed by atoms with E-state index < -0.39 is 0 Å². The lowest BCUT2D eigenvalue weighted by Crippen LogP contribution is -2.30. The van der Waals surface area contributed by atoms with Gasteiger partial charge in [0.2, 0.25) is 0 Å². The third kappa shape index (κ3) is 4.03. The van der Waals surface area contributed by atoms with Crippen molar-refractivity contribution in [1.82, 2.24) is 0 Å². The summed E-state index contributed by atoms with van der Waals surface area (Å²) in [6.07, 6.45) is 0.834. The molecule has 170 valence electrons. The number of nitrogens with one attached hydrogen (secondary N) is 1. The second kappa shape index (κ2) is 8.92. The lowest BCUT2D eigenvalue weighted by atomic mass is 10.0. The molecular formula is C29H26N2O2S. The Kier molecular flexibility index (Phi) is 5.80. The number of aryl methyl sites for hydroxylation is 2. The number of carbonyl (C=O) groups is 2. The maximum Gasteiger partial charge on any atom is 0.258 e. The lowest BCUT2D eigenvalue weighted by molar-refractivity contribution is 0.0983. The molecule has 5 rings (SSSR count). The monoisotopic (exact) mass is 466 g/mol. The number of anilines is 2. The van der Waals surface area contributed by atoms with Gasteiger partial charge in [-0.3, -0.25) is 9.59 Å². The van der Waals surface area contributed by atoms with E-state index in [-0.39, 0.29) is 11.8 Å². The van der Waals surface area contributed by atoms with Crippen LogP contribution in [-0.4, -0.2) is 11.8 Å². The van der Waals surface area contributed by atoms with Gasteiger partial charge in [0.1, 0.15) is 0 Å². The first kappa shape index (κ1) is 22.1. The van der Waals surface area contributed by atoms with Crippen molar-refractivity contribution in [3.05, 3.63) is 116 Å². The average Bonchev–Trinajstić information content (AvgIpc) is 3.19. The highest BCUT2D eigenvalue weighted by atomic mass is 32.1. The molecule has 1 N–H and O–H groups in total. The van der Waals surface area contributed by atoms with Crippen LogP contribution in [0.1, 0.15) is 53.4 Å². The average molecular weight is 467 g/mol. The van der Waals surface area contributed by atoms with E-state index >= 15 is 0 Å². The zero-order valence-corrected chi connectivity index (χ0v) is 20.3. The SMILES string of the molecule is Cc1cc(NC(=O)c2cccc(C)c2C)ccc1C(=O)N1Cc2sccc2Cc2ccccc21. The first-order valence-corrected chi connectivity index (χ1v) is 12.2. The van der Waals surface area contributed by atoms with Gasteiger partial charge in [0.25, 0.3) is 11.8 Å². The Labute approximate surface area is 203 Å². The maximum atomic E-state index is 13.7. The maximum absolute atomic E-state index is 13.7. The Balaban J connectivity index is 1.43. The van der Waals surface area contributed by atoms with E-state index in [1.165, 1.54) is 10.4 Å². The quantitative estimate of drug-likeness (QED) is 0.366. The van der Waals surface area contributed by atoms with Gasteiger partial charge in [-0.25, -0.2) is 0 Å². The molecule has 34 heavy (non-hydrogen) atoms. The summed E-state index contributed by atoms with van der Waals surface area (Å²) in [5, 5.41) is 5.08. The van der Waals surface area contributed by atoms with Gasteiger partial charge < -0.3 is 10.2 Å². The number of nitrogens with zero attached hydrogens (tertiary/aromatic N) is 1. The van der Waals surface area contributed by atoms with Gasteiger partial charge in [-0.1, -0.05) is 30.3 Å². The lowest BCUT2D eigenvalue weighted by Gasteiger charge is -2.24. The number of carbonyl (C=O) groups excluding carboxylic acids is 2. The van der Waals surface area contributed by atoms with Crippen LogP contribution in [0.25, 0.3) is 0 Å². The highest BCUT2D eigenvalue weighted by Gasteiger charge is 2.26. The van der Waals surface area contributed by atoms with Gasteiger partial charge in [-0.2, -0.15) is 0 Å². The van der Waals surface area contributed by atoms with Crippen LogP contribution < -0.4 is 10.2 Å². The van der Waals surface area contributed by atoms with E-state index in [1.807, 2.05) is 80.3 Å². The molecule has 2 amide bonds. The number of rotatable bonds is 3. The highest BCUT2D eigenvalue weighted by molar-refractivity contribution is 7.10. The third-order valence-electron chi connectivity index (χ3n) is 6.61. The second-order valence-electron chi connectivity index (χ2n) is 8.80. The summed E-state index contributed by atoms with van der Waals surface area (Å²) < 4.78 is 0. The number of amides is 2. The molecule has 0 atom stereocenters. The summed E-state index contributed by atoms with van der Waals surface area (Å²) >= 11 is 1.70. The number of thiophene rings is 1. The minimum absolute atomic E-state index is 0.0291. The number of benzene rings is 3. The molecule has 1 aromatic heterocycles. The van der Waals surface area contributed by atoms with Crippen LogP contribution in [0.5, 0.6) is 0 Å². The summed E-state index contributed by atoms with van der Waals surface area (Å²) in [7, 11) is 0. The zero-order chi connectivity index (χ0) is 23.8. The first-order valence-electron chi connectivity index (χ1n) is 11.4. The summed E-state index contributed by atoms with van der Waals surface area (Å²) in [5.41, 5.74) is 8.26. The molecule has 0 unspecified atom stereocenters. The van der Waals surface area contributed by atoms with Gasteiger partial charge in [0.15, 0.2) is 0 Å². The molecule has 0 radical (unpaired) electrons. The fourth-order valence-corrected chi connectivity index (χ4v) is 5.42. The molecule has 0 spiro atoms. The van der Waals surface area contributed by atoms with Crippen molar-refractivity contribution in [2.45, 2.75) is 33.7 Å². The zero-order valence-electron chi connectivity index (χ0n) is 19.5. The van der Waals surface area contributed by atoms with Crippen molar-refractivity contribution in [2.24, 2.45) is 0 Å². The minimum Gasteiger partial charge on any atom is -0.322 e. The van der Waals surface area contributed by atoms with Crippen LogP contribution in [0, 0.1) is 20.8 Å². The summed E-state index contributed by atoms with van der Waals surface area (Å²) in [5.74, 6) is -0.176. The molecule has 0 bridgehead atoms. The van der Waals surface area contributed by atoms with Crippen molar-refractivity contribution in [2.75, 3.05) is 10.2 Å². The van der Waals surface area contributed by atoms with Crippen molar-refractivity contribution in [3.8, 4) is 0 Å². The molecule has 1 aliphatic heterocycles. The van der Waals surface area contributed by atoms with E-state index in [0.717, 1.165) is 34.4 Å². The Morgan fingerprint density at radius 2 is 1.68 bits per heavy atom. The van der Waals surface area contributed by atoms with E-state index in [2.05, 4.69) is 22.8 Å². The molecule has 2 heterocycles. The fourth-order valence-electron chi connectivity index (χ4n) is 4.52. The van der Waals surface area contributed by atoms with Crippen LogP contribution in [0.3, 0.4) is 0 Å². The first-order chi connectivity index (χ1) is 16.4. The largest absolute Gasteiger partial charge is 0.322 e. The van der Waals surface area contributed by atoms with Crippen LogP contribution in [0.2, 0.25) is 0 Å². The fraction of sp³-hybridized carbons (Fsp3) is 0.172. The van der Waals surface area contributed by atoms with E-state index in [9.17, 15) is 9.59 Å². The molecule has 3 aromatic carbocycles. The van der Waals surface area contributed by atoms with E-state index in [4.69, 9.17) is 0 Å². The van der Waals surface area contributed by atoms with Crippen LogP contribution in [0.4, 0.5) is 11.4 Å². The molecule has 0 fully saturated rings. The number of fused-ring (bicyclic) bond motifs is 2. The normalized spacial score (nSPS) is 12.5. The molecule has 0 saturated carbocycles. The van der Waals surface area contributed by atoms with Gasteiger partial charge in [-0.15, -0.1) is 11.3 Å². The van der Waals surface area contributed by atoms with E-state index in [1.54, 1.807) is 11.3 Å². The summed E-state index contributed by atoms with van der Waals surface area (Å²) in [6.45, 7) is 6.43. The molecule has 0 aliphatic carbocycles. The molecule has 5 heteroatoms. The number of para-hydroxylation sites is 1. The predicted molar refractivity (Wildman–Crippen MR) is 139 cm³/mol. The Morgan fingerprint density at radius 1 is 0.853 bits per heavy atom. The topological polar surface area (TPSA) is 49.4 Å². The Morgan fingerprint density at radius 3 is 2.50 bits per heavy atom.